The predicted octanol–water partition coefficient (Wildman–Crippen LogP) is 1.10. The van der Waals surface area contributed by atoms with Gasteiger partial charge in [-0.25, -0.2) is 4.98 Å². The minimum atomic E-state index is -0.257. The highest BCUT2D eigenvalue weighted by Crippen LogP contribution is 2.02. The fourth-order valence-corrected chi connectivity index (χ4v) is 1.42. The van der Waals surface area contributed by atoms with Crippen molar-refractivity contribution in [2.24, 2.45) is 16.7 Å². The maximum Gasteiger partial charge on any atom is 0.198 e. The molecule has 0 aliphatic rings. The lowest BCUT2D eigenvalue weighted by Gasteiger charge is -2.01. The number of Topliss-reactive ketones (excluding diaryl/α,β-unsaturated/α-hetero) is 2. The van der Waals surface area contributed by atoms with E-state index in [1.54, 1.807) is 13.8 Å². The molecule has 0 spiro atoms. The van der Waals surface area contributed by atoms with Crippen molar-refractivity contribution in [2.45, 2.75) is 60.3 Å². The second-order valence-corrected chi connectivity index (χ2v) is 4.31. The average molecular weight is 324 g/mol. The molecule has 0 unspecified atom stereocenters. The smallest absolute Gasteiger partial charge is 0.198 e. The van der Waals surface area contributed by atoms with Gasteiger partial charge in [-0.15, -0.1) is 5.10 Å². The van der Waals surface area contributed by atoms with E-state index >= 15 is 0 Å². The molecule has 0 saturated carbocycles. The lowest BCUT2D eigenvalue weighted by molar-refractivity contribution is -0.136. The number of ketones is 2. The fraction of sp³-hybridized carbons (Fsp3) is 0.600. The van der Waals surface area contributed by atoms with Gasteiger partial charge in [0.2, 0.25) is 0 Å². The molecule has 0 fully saturated rings. The van der Waals surface area contributed by atoms with Gasteiger partial charge in [0.25, 0.3) is 0 Å². The monoisotopic (exact) mass is 324 g/mol. The van der Waals surface area contributed by atoms with Crippen LogP contribution in [0, 0.1) is 6.92 Å². The van der Waals surface area contributed by atoms with Crippen molar-refractivity contribution >= 4 is 17.9 Å². The molecule has 0 radical (unpaired) electrons. The zero-order valence-electron chi connectivity index (χ0n) is 14.7. The molecule has 23 heavy (non-hydrogen) atoms. The maximum absolute atomic E-state index is 10.4. The molecular formula is C15H28N6O2. The largest absolute Gasteiger partial charge is 0.388 e. The Balaban J connectivity index is 0. The molecular weight excluding hydrogens is 296 g/mol. The normalized spacial score (nSPS) is 9.43. The summed E-state index contributed by atoms with van der Waals surface area (Å²) in [5.74, 6) is 4.72. The molecule has 1 heterocycles. The summed E-state index contributed by atoms with van der Waals surface area (Å²) >= 11 is 0. The van der Waals surface area contributed by atoms with Gasteiger partial charge in [-0.3, -0.25) is 9.59 Å². The number of nitrogens with two attached hydrogens (primary N) is 2. The van der Waals surface area contributed by atoms with Gasteiger partial charge in [-0.2, -0.15) is 10.2 Å². The molecule has 0 aliphatic heterocycles. The van der Waals surface area contributed by atoms with E-state index in [0.717, 1.165) is 36.4 Å². The Morgan fingerprint density at radius 3 is 1.74 bits per heavy atom. The number of hydrogen-bond acceptors (Lipinski definition) is 7. The molecule has 8 heteroatoms. The van der Waals surface area contributed by atoms with Gasteiger partial charge in [0.1, 0.15) is 12.2 Å². The molecule has 8 nitrogen and oxygen atoms in total. The van der Waals surface area contributed by atoms with Crippen LogP contribution in [0.4, 0.5) is 0 Å². The Morgan fingerprint density at radius 1 is 1.00 bits per heavy atom. The Morgan fingerprint density at radius 2 is 1.43 bits per heavy atom. The predicted molar refractivity (Wildman–Crippen MR) is 90.8 cm³/mol. The van der Waals surface area contributed by atoms with E-state index in [4.69, 9.17) is 0 Å². The van der Waals surface area contributed by atoms with Crippen molar-refractivity contribution < 1.29 is 9.59 Å². The van der Waals surface area contributed by atoms with Gasteiger partial charge in [-0.05, 0) is 19.8 Å². The molecule has 0 aliphatic carbocycles. The van der Waals surface area contributed by atoms with Crippen molar-refractivity contribution in [3.05, 3.63) is 17.2 Å². The Kier molecular flexibility index (Phi) is 14.5. The van der Waals surface area contributed by atoms with Gasteiger partial charge in [0.05, 0.1) is 11.4 Å². The van der Waals surface area contributed by atoms with Crippen molar-refractivity contribution in [3.63, 3.8) is 0 Å². The molecule has 0 atom stereocenters. The summed E-state index contributed by atoms with van der Waals surface area (Å²) in [5, 5.41) is 10.8. The quantitative estimate of drug-likeness (QED) is 0.272. The number of carbonyl (C=O) groups excluding carboxylic acids is 2. The minimum Gasteiger partial charge on any atom is -0.388 e. The number of nitrogens with zero attached hydrogens (tertiary/aromatic N) is 4. The van der Waals surface area contributed by atoms with Crippen LogP contribution in [-0.2, 0) is 22.4 Å². The molecule has 130 valence electrons. The second kappa shape index (κ2) is 14.6. The van der Waals surface area contributed by atoms with E-state index in [1.165, 1.54) is 0 Å². The molecule has 0 amide bonds. The van der Waals surface area contributed by atoms with Crippen LogP contribution < -0.4 is 11.6 Å². The van der Waals surface area contributed by atoms with Gasteiger partial charge < -0.3 is 11.6 Å². The Hall–Kier alpha value is -2.38. The van der Waals surface area contributed by atoms with Crippen LogP contribution >= 0.6 is 0 Å². The van der Waals surface area contributed by atoms with E-state index in [1.807, 2.05) is 6.92 Å². The lowest BCUT2D eigenvalue weighted by atomic mass is 10.2. The summed E-state index contributed by atoms with van der Waals surface area (Å²) in [4.78, 5) is 25.1. The van der Waals surface area contributed by atoms with Crippen molar-refractivity contribution in [2.75, 3.05) is 0 Å². The molecule has 0 aromatic carbocycles. The standard InChI is InChI=1S/C8H13N3.C6H10O2.CH5N3/c1-4-7-8(5-2)11-10-6(3)9-7;1-3-5(7)6(8)4-2;2-1-4-3/h4-5H2,1-3H3;3-4H2,1-2H3;1H,3H2,(H2,2,4). The summed E-state index contributed by atoms with van der Waals surface area (Å²) < 4.78 is 0. The Bertz CT molecular complexity index is 485. The zero-order valence-corrected chi connectivity index (χ0v) is 14.7. The average Bonchev–Trinajstić information content (AvgIpc) is 2.60. The SMILES string of the molecule is CCC(=O)C(=O)CC.CCc1nnc(C)nc1CC.N/C=N\N. The van der Waals surface area contributed by atoms with Crippen LogP contribution in [0.5, 0.6) is 0 Å². The molecule has 1 aromatic heterocycles. The van der Waals surface area contributed by atoms with E-state index in [-0.39, 0.29) is 11.6 Å². The third kappa shape index (κ3) is 10.9. The summed E-state index contributed by atoms with van der Waals surface area (Å²) in [6.07, 6.45) is 3.57. The molecule has 0 saturated heterocycles. The molecule has 1 rings (SSSR count). The van der Waals surface area contributed by atoms with Crippen molar-refractivity contribution in [3.8, 4) is 0 Å². The maximum atomic E-state index is 10.4. The van der Waals surface area contributed by atoms with Crippen LogP contribution in [0.25, 0.3) is 0 Å². The number of aromatic nitrogens is 3. The summed E-state index contributed by atoms with van der Waals surface area (Å²) in [5.41, 5.74) is 6.72. The highest BCUT2D eigenvalue weighted by Gasteiger charge is 2.06. The van der Waals surface area contributed by atoms with Crippen molar-refractivity contribution in [1.29, 1.82) is 0 Å². The van der Waals surface area contributed by atoms with E-state index in [9.17, 15) is 9.59 Å². The van der Waals surface area contributed by atoms with E-state index < -0.39 is 0 Å². The van der Waals surface area contributed by atoms with Crippen LogP contribution in [0.15, 0.2) is 5.10 Å². The zero-order chi connectivity index (χ0) is 18.3. The Labute approximate surface area is 137 Å². The minimum absolute atomic E-state index is 0.257. The number of aryl methyl sites for hydroxylation is 3. The summed E-state index contributed by atoms with van der Waals surface area (Å²) in [6.45, 7) is 9.40. The van der Waals surface area contributed by atoms with Crippen LogP contribution in [0.2, 0.25) is 0 Å². The molecule has 1 aromatic rings. The number of hydrogen-bond donors (Lipinski definition) is 2. The van der Waals surface area contributed by atoms with Gasteiger partial charge >= 0.3 is 0 Å². The van der Waals surface area contributed by atoms with Gasteiger partial charge in [-0.1, -0.05) is 27.7 Å². The fourth-order valence-electron chi connectivity index (χ4n) is 1.42. The third-order valence-electron chi connectivity index (χ3n) is 2.65. The second-order valence-electron chi connectivity index (χ2n) is 4.31. The summed E-state index contributed by atoms with van der Waals surface area (Å²) in [7, 11) is 0. The first-order valence-corrected chi connectivity index (χ1v) is 7.60. The number of carbonyl (C=O) groups is 2. The lowest BCUT2D eigenvalue weighted by Crippen LogP contribution is -2.09. The highest BCUT2D eigenvalue weighted by atomic mass is 16.2. The first kappa shape index (κ1) is 22.9. The number of hydrazone groups is 1. The van der Waals surface area contributed by atoms with Gasteiger partial charge in [0, 0.05) is 12.8 Å². The third-order valence-corrected chi connectivity index (χ3v) is 2.65. The summed E-state index contributed by atoms with van der Waals surface area (Å²) in [6, 6.07) is 0. The van der Waals surface area contributed by atoms with Crippen LogP contribution in [0.3, 0.4) is 0 Å². The highest BCUT2D eigenvalue weighted by molar-refractivity contribution is 6.36. The van der Waals surface area contributed by atoms with E-state index in [2.05, 4.69) is 45.7 Å². The molecule has 0 bridgehead atoms. The van der Waals surface area contributed by atoms with Gasteiger partial charge in [0.15, 0.2) is 11.6 Å². The van der Waals surface area contributed by atoms with Crippen molar-refractivity contribution in [1.82, 2.24) is 15.2 Å². The van der Waals surface area contributed by atoms with E-state index in [0.29, 0.717) is 12.8 Å². The topological polar surface area (TPSA) is 137 Å². The number of rotatable bonds is 5. The van der Waals surface area contributed by atoms with Crippen LogP contribution in [0.1, 0.15) is 57.7 Å². The van der Waals surface area contributed by atoms with Crippen LogP contribution in [-0.4, -0.2) is 33.1 Å². The first-order chi connectivity index (χ1) is 10.9. The molecule has 4 N–H and O–H groups in total. The first-order valence-electron chi connectivity index (χ1n) is 7.60.